The van der Waals surface area contributed by atoms with Crippen LogP contribution in [-0.4, -0.2) is 21.5 Å². The van der Waals surface area contributed by atoms with Gasteiger partial charge >= 0.3 is 0 Å². The molecule has 2 aromatic rings. The maximum atomic E-state index is 11.4. The molecule has 7 heteroatoms. The summed E-state index contributed by atoms with van der Waals surface area (Å²) < 4.78 is 2.02. The lowest BCUT2D eigenvalue weighted by atomic mass is 10.2. The molecule has 0 bridgehead atoms. The smallest absolute Gasteiger partial charge is 0.220 e. The van der Waals surface area contributed by atoms with Crippen LogP contribution in [0, 0.1) is 0 Å². The summed E-state index contributed by atoms with van der Waals surface area (Å²) in [5.74, 6) is 0.845. The molecule has 1 aromatic carbocycles. The minimum absolute atomic E-state index is 0.0889. The van der Waals surface area contributed by atoms with Gasteiger partial charge in [-0.05, 0) is 25.5 Å². The third kappa shape index (κ3) is 2.85. The largest absolute Gasteiger partial charge is 0.352 e. The molecule has 0 radical (unpaired) electrons. The van der Waals surface area contributed by atoms with E-state index in [-0.39, 0.29) is 17.3 Å². The van der Waals surface area contributed by atoms with Crippen molar-refractivity contribution in [3.63, 3.8) is 0 Å². The van der Waals surface area contributed by atoms with Gasteiger partial charge < -0.3 is 9.88 Å². The molecule has 1 saturated heterocycles. The Morgan fingerprint density at radius 2 is 2.14 bits per heavy atom. The monoisotopic (exact) mass is 345 g/mol. The number of benzene rings is 1. The van der Waals surface area contributed by atoms with Crippen molar-refractivity contribution in [1.29, 1.82) is 0 Å². The van der Waals surface area contributed by atoms with Crippen LogP contribution in [0.1, 0.15) is 31.0 Å². The summed E-state index contributed by atoms with van der Waals surface area (Å²) in [6.07, 6.45) is 1.38. The van der Waals surface area contributed by atoms with Crippen LogP contribution in [0.15, 0.2) is 12.1 Å². The highest BCUT2D eigenvalue weighted by molar-refractivity contribution is 6.42. The van der Waals surface area contributed by atoms with Crippen molar-refractivity contribution >= 4 is 51.7 Å². The summed E-state index contributed by atoms with van der Waals surface area (Å²) in [6.45, 7) is 2.50. The van der Waals surface area contributed by atoms with E-state index in [9.17, 15) is 4.79 Å². The van der Waals surface area contributed by atoms with E-state index in [0.717, 1.165) is 23.3 Å². The zero-order chi connectivity index (χ0) is 15.1. The number of carbonyl (C=O) groups excluding carboxylic acids is 1. The number of rotatable bonds is 3. The van der Waals surface area contributed by atoms with Gasteiger partial charge in [-0.3, -0.25) is 4.79 Å². The number of aromatic nitrogens is 2. The number of alkyl halides is 1. The molecule has 0 aliphatic carbocycles. The van der Waals surface area contributed by atoms with Crippen LogP contribution in [0.2, 0.25) is 10.0 Å². The summed E-state index contributed by atoms with van der Waals surface area (Å²) in [5.41, 5.74) is 1.64. The molecule has 0 saturated carbocycles. The van der Waals surface area contributed by atoms with Gasteiger partial charge in [0.25, 0.3) is 0 Å². The van der Waals surface area contributed by atoms with Gasteiger partial charge in [-0.25, -0.2) is 4.98 Å². The Bertz CT molecular complexity index is 711. The average molecular weight is 347 g/mol. The highest BCUT2D eigenvalue weighted by Gasteiger charge is 2.24. The fourth-order valence-corrected chi connectivity index (χ4v) is 3.15. The number of fused-ring (bicyclic) bond motifs is 1. The van der Waals surface area contributed by atoms with Gasteiger partial charge in [0.1, 0.15) is 5.82 Å². The molecule has 2 heterocycles. The molecule has 1 amide bonds. The molecule has 2 unspecified atom stereocenters. The van der Waals surface area contributed by atoms with E-state index in [1.54, 1.807) is 12.1 Å². The molecule has 21 heavy (non-hydrogen) atoms. The van der Waals surface area contributed by atoms with Gasteiger partial charge in [0.15, 0.2) is 0 Å². The maximum Gasteiger partial charge on any atom is 0.220 e. The molecular weight excluding hydrogens is 333 g/mol. The quantitative estimate of drug-likeness (QED) is 0.856. The predicted molar refractivity (Wildman–Crippen MR) is 85.2 cm³/mol. The summed E-state index contributed by atoms with van der Waals surface area (Å²) in [5, 5.41) is 3.67. The van der Waals surface area contributed by atoms with Crippen LogP contribution in [0.4, 0.5) is 0 Å². The Balaban J connectivity index is 2.07. The molecule has 1 aromatic heterocycles. The second-order valence-electron chi connectivity index (χ2n) is 5.25. The second-order valence-corrected chi connectivity index (χ2v) is 6.72. The first-order chi connectivity index (χ1) is 9.95. The average Bonchev–Trinajstić information content (AvgIpc) is 2.96. The second kappa shape index (κ2) is 5.67. The van der Waals surface area contributed by atoms with E-state index in [2.05, 4.69) is 10.3 Å². The van der Waals surface area contributed by atoms with Crippen molar-refractivity contribution in [2.45, 2.75) is 37.7 Å². The summed E-state index contributed by atoms with van der Waals surface area (Å²) >= 11 is 18.4. The first kappa shape index (κ1) is 14.9. The van der Waals surface area contributed by atoms with Crippen LogP contribution in [0.5, 0.6) is 0 Å². The van der Waals surface area contributed by atoms with Crippen LogP contribution in [-0.2, 0) is 11.3 Å². The van der Waals surface area contributed by atoms with Gasteiger partial charge in [0.2, 0.25) is 5.91 Å². The Morgan fingerprint density at radius 1 is 1.43 bits per heavy atom. The lowest BCUT2D eigenvalue weighted by Gasteiger charge is -2.15. The van der Waals surface area contributed by atoms with Crippen LogP contribution < -0.4 is 5.32 Å². The van der Waals surface area contributed by atoms with Crippen LogP contribution in [0.25, 0.3) is 11.0 Å². The van der Waals surface area contributed by atoms with Gasteiger partial charge in [-0.1, -0.05) is 23.2 Å². The van der Waals surface area contributed by atoms with E-state index < -0.39 is 0 Å². The number of carbonyl (C=O) groups is 1. The Morgan fingerprint density at radius 3 is 2.76 bits per heavy atom. The van der Waals surface area contributed by atoms with E-state index in [1.165, 1.54) is 0 Å². The molecular formula is C14H14Cl3N3O. The first-order valence-corrected chi connectivity index (χ1v) is 7.93. The van der Waals surface area contributed by atoms with E-state index in [1.807, 2.05) is 11.5 Å². The molecule has 1 N–H and O–H groups in total. The van der Waals surface area contributed by atoms with Crippen molar-refractivity contribution in [2.75, 3.05) is 0 Å². The highest BCUT2D eigenvalue weighted by Crippen LogP contribution is 2.31. The van der Waals surface area contributed by atoms with Crippen molar-refractivity contribution in [2.24, 2.45) is 0 Å². The maximum absolute atomic E-state index is 11.4. The fourth-order valence-electron chi connectivity index (χ4n) is 2.67. The zero-order valence-corrected chi connectivity index (χ0v) is 13.6. The van der Waals surface area contributed by atoms with E-state index >= 15 is 0 Å². The molecule has 112 valence electrons. The van der Waals surface area contributed by atoms with Crippen LogP contribution in [0.3, 0.4) is 0 Å². The number of hydrogen-bond donors (Lipinski definition) is 1. The molecule has 3 rings (SSSR count). The lowest BCUT2D eigenvalue weighted by Crippen LogP contribution is -2.30. The molecule has 4 nitrogen and oxygen atoms in total. The van der Waals surface area contributed by atoms with Crippen molar-refractivity contribution < 1.29 is 4.79 Å². The predicted octanol–water partition coefficient (Wildman–Crippen LogP) is 3.92. The SMILES string of the molecule is CC(Cl)c1nc2cc(Cl)c(Cl)cc2n1CC1CCC(=O)N1. The molecule has 1 aliphatic rings. The Labute approximate surface area is 137 Å². The summed E-state index contributed by atoms with van der Waals surface area (Å²) in [7, 11) is 0. The van der Waals surface area contributed by atoms with Gasteiger partial charge in [0.05, 0.1) is 26.5 Å². The number of hydrogen-bond acceptors (Lipinski definition) is 2. The van der Waals surface area contributed by atoms with Gasteiger partial charge in [0, 0.05) is 19.0 Å². The molecule has 1 aliphatic heterocycles. The lowest BCUT2D eigenvalue weighted by molar-refractivity contribution is -0.119. The minimum Gasteiger partial charge on any atom is -0.352 e. The van der Waals surface area contributed by atoms with Crippen molar-refractivity contribution in [3.05, 3.63) is 28.0 Å². The minimum atomic E-state index is -0.243. The molecule has 2 atom stereocenters. The molecule has 1 fully saturated rings. The van der Waals surface area contributed by atoms with Crippen molar-refractivity contribution in [3.8, 4) is 0 Å². The number of nitrogens with one attached hydrogen (secondary N) is 1. The van der Waals surface area contributed by atoms with E-state index in [4.69, 9.17) is 34.8 Å². The van der Waals surface area contributed by atoms with Gasteiger partial charge in [-0.15, -0.1) is 11.6 Å². The Hall–Kier alpha value is -0.970. The third-order valence-corrected chi connectivity index (χ3v) is 4.58. The highest BCUT2D eigenvalue weighted by atomic mass is 35.5. The topological polar surface area (TPSA) is 46.9 Å². The first-order valence-electron chi connectivity index (χ1n) is 6.74. The normalized spacial score (nSPS) is 20.0. The van der Waals surface area contributed by atoms with Crippen molar-refractivity contribution in [1.82, 2.24) is 14.9 Å². The third-order valence-electron chi connectivity index (χ3n) is 3.66. The van der Waals surface area contributed by atoms with Gasteiger partial charge in [-0.2, -0.15) is 0 Å². The summed E-state index contributed by atoms with van der Waals surface area (Å²) in [4.78, 5) is 15.9. The fraction of sp³-hybridized carbons (Fsp3) is 0.429. The number of imidazole rings is 1. The van der Waals surface area contributed by atoms with E-state index in [0.29, 0.717) is 23.0 Å². The standard InChI is InChI=1S/C14H14Cl3N3O/c1-7(15)14-19-11-4-9(16)10(17)5-12(11)20(14)6-8-2-3-13(21)18-8/h4-5,7-8H,2-3,6H2,1H3,(H,18,21). The Kier molecular flexibility index (Phi) is 4.04. The number of amides is 1. The number of nitrogens with zero attached hydrogens (tertiary/aromatic N) is 2. The zero-order valence-electron chi connectivity index (χ0n) is 11.4. The molecule has 0 spiro atoms. The number of halogens is 3. The summed E-state index contributed by atoms with van der Waals surface area (Å²) in [6, 6.07) is 3.64. The van der Waals surface area contributed by atoms with Crippen LogP contribution >= 0.6 is 34.8 Å².